The number of fused-ring (bicyclic) bond motifs is 1. The van der Waals surface area contributed by atoms with Crippen molar-refractivity contribution >= 4 is 16.9 Å². The van der Waals surface area contributed by atoms with E-state index in [0.717, 1.165) is 22.8 Å². The van der Waals surface area contributed by atoms with Gasteiger partial charge in [0.1, 0.15) is 12.1 Å². The van der Waals surface area contributed by atoms with Gasteiger partial charge in [-0.3, -0.25) is 4.68 Å². The molecule has 0 saturated heterocycles. The Labute approximate surface area is 119 Å². The highest BCUT2D eigenvalue weighted by molar-refractivity contribution is 5.86. The van der Waals surface area contributed by atoms with Gasteiger partial charge in [0.15, 0.2) is 5.65 Å². The lowest BCUT2D eigenvalue weighted by molar-refractivity contribution is 0.178. The molecule has 0 aliphatic heterocycles. The summed E-state index contributed by atoms with van der Waals surface area (Å²) >= 11 is 0. The third-order valence-corrected chi connectivity index (χ3v) is 4.26. The van der Waals surface area contributed by atoms with Gasteiger partial charge in [0, 0.05) is 13.1 Å². The molecule has 1 aliphatic carbocycles. The van der Waals surface area contributed by atoms with Crippen LogP contribution >= 0.6 is 0 Å². The third-order valence-electron chi connectivity index (χ3n) is 4.26. The number of nitrogens with zero attached hydrogens (tertiary/aromatic N) is 4. The van der Waals surface area contributed by atoms with Crippen LogP contribution in [-0.4, -0.2) is 25.8 Å². The van der Waals surface area contributed by atoms with E-state index in [4.69, 9.17) is 0 Å². The molecule has 0 amide bonds. The fraction of sp³-hybridized carbons (Fsp3) is 0.667. The van der Waals surface area contributed by atoms with Crippen molar-refractivity contribution in [2.24, 2.45) is 18.4 Å². The van der Waals surface area contributed by atoms with Crippen molar-refractivity contribution < 1.29 is 0 Å². The number of anilines is 1. The van der Waals surface area contributed by atoms with Crippen molar-refractivity contribution in [1.29, 1.82) is 0 Å². The molecular weight excluding hydrogens is 250 g/mol. The quantitative estimate of drug-likeness (QED) is 0.914. The Morgan fingerprint density at radius 1 is 1.30 bits per heavy atom. The third kappa shape index (κ3) is 2.49. The van der Waals surface area contributed by atoms with E-state index in [1.165, 1.54) is 19.3 Å². The molecule has 5 heteroatoms. The van der Waals surface area contributed by atoms with E-state index in [1.54, 1.807) is 11.0 Å². The first kappa shape index (κ1) is 13.3. The summed E-state index contributed by atoms with van der Waals surface area (Å²) in [5, 5.41) is 8.89. The maximum absolute atomic E-state index is 4.41. The Hall–Kier alpha value is -1.65. The second-order valence-electron chi connectivity index (χ2n) is 6.98. The SMILES string of the molecule is C[C@@H]1C[C@H](Nc2ncnc3c2cnn3C)CC(C)(C)C1. The van der Waals surface area contributed by atoms with Gasteiger partial charge in [-0.25, -0.2) is 9.97 Å². The van der Waals surface area contributed by atoms with Gasteiger partial charge < -0.3 is 5.32 Å². The lowest BCUT2D eigenvalue weighted by Crippen LogP contribution is -2.35. The summed E-state index contributed by atoms with van der Waals surface area (Å²) in [5.74, 6) is 1.67. The Balaban J connectivity index is 1.86. The van der Waals surface area contributed by atoms with Gasteiger partial charge in [-0.1, -0.05) is 20.8 Å². The van der Waals surface area contributed by atoms with Crippen LogP contribution in [-0.2, 0) is 7.05 Å². The fourth-order valence-corrected chi connectivity index (χ4v) is 3.73. The molecule has 3 rings (SSSR count). The zero-order valence-electron chi connectivity index (χ0n) is 12.7. The highest BCUT2D eigenvalue weighted by atomic mass is 15.3. The summed E-state index contributed by atoms with van der Waals surface area (Å²) in [6.45, 7) is 7.06. The molecule has 108 valence electrons. The predicted molar refractivity (Wildman–Crippen MR) is 80.5 cm³/mol. The Morgan fingerprint density at radius 2 is 2.10 bits per heavy atom. The van der Waals surface area contributed by atoms with Crippen LogP contribution in [0, 0.1) is 11.3 Å². The first-order valence-electron chi connectivity index (χ1n) is 7.34. The average molecular weight is 273 g/mol. The van der Waals surface area contributed by atoms with E-state index in [-0.39, 0.29) is 0 Å². The molecule has 0 spiro atoms. The first-order chi connectivity index (χ1) is 9.44. The summed E-state index contributed by atoms with van der Waals surface area (Å²) in [5.41, 5.74) is 1.28. The molecule has 2 aromatic rings. The number of hydrogen-bond donors (Lipinski definition) is 1. The molecule has 1 N–H and O–H groups in total. The maximum atomic E-state index is 4.41. The van der Waals surface area contributed by atoms with Crippen molar-refractivity contribution in [3.05, 3.63) is 12.5 Å². The maximum Gasteiger partial charge on any atom is 0.163 e. The molecule has 20 heavy (non-hydrogen) atoms. The number of nitrogens with one attached hydrogen (secondary N) is 1. The monoisotopic (exact) mass is 273 g/mol. The highest BCUT2D eigenvalue weighted by Crippen LogP contribution is 2.39. The Bertz CT molecular complexity index is 616. The minimum Gasteiger partial charge on any atom is -0.367 e. The van der Waals surface area contributed by atoms with Gasteiger partial charge in [0.05, 0.1) is 11.6 Å². The summed E-state index contributed by atoms with van der Waals surface area (Å²) < 4.78 is 1.79. The number of aryl methyl sites for hydroxylation is 1. The fourth-order valence-electron chi connectivity index (χ4n) is 3.73. The van der Waals surface area contributed by atoms with Gasteiger partial charge in [-0.05, 0) is 30.6 Å². The summed E-state index contributed by atoms with van der Waals surface area (Å²) in [4.78, 5) is 8.70. The van der Waals surface area contributed by atoms with Gasteiger partial charge in [0.25, 0.3) is 0 Å². The van der Waals surface area contributed by atoms with Crippen LogP contribution in [0.1, 0.15) is 40.0 Å². The summed E-state index contributed by atoms with van der Waals surface area (Å²) in [6.07, 6.45) is 7.15. The number of rotatable bonds is 2. The summed E-state index contributed by atoms with van der Waals surface area (Å²) in [6, 6.07) is 0.479. The molecule has 0 aromatic carbocycles. The normalized spacial score (nSPS) is 25.8. The molecule has 0 bridgehead atoms. The van der Waals surface area contributed by atoms with E-state index in [0.29, 0.717) is 11.5 Å². The highest BCUT2D eigenvalue weighted by Gasteiger charge is 2.32. The van der Waals surface area contributed by atoms with Crippen LogP contribution in [0.2, 0.25) is 0 Å². The zero-order valence-corrected chi connectivity index (χ0v) is 12.7. The molecular formula is C15H23N5. The van der Waals surface area contributed by atoms with E-state index in [1.807, 2.05) is 13.2 Å². The van der Waals surface area contributed by atoms with E-state index >= 15 is 0 Å². The second-order valence-corrected chi connectivity index (χ2v) is 6.98. The van der Waals surface area contributed by atoms with Crippen LogP contribution in [0.15, 0.2) is 12.5 Å². The smallest absolute Gasteiger partial charge is 0.163 e. The van der Waals surface area contributed by atoms with Gasteiger partial charge in [0.2, 0.25) is 0 Å². The van der Waals surface area contributed by atoms with E-state index in [2.05, 4.69) is 41.2 Å². The lowest BCUT2D eigenvalue weighted by atomic mass is 9.70. The largest absolute Gasteiger partial charge is 0.367 e. The van der Waals surface area contributed by atoms with Crippen molar-refractivity contribution in [3.8, 4) is 0 Å². The van der Waals surface area contributed by atoms with Crippen LogP contribution in [0.4, 0.5) is 5.82 Å². The number of aromatic nitrogens is 4. The standard InChI is InChI=1S/C15H23N5/c1-10-5-11(7-15(2,3)6-10)19-13-12-8-18-20(4)14(12)17-9-16-13/h8-11H,5-7H2,1-4H3,(H,16,17,19)/t10-,11+/m1/s1. The average Bonchev–Trinajstić information content (AvgIpc) is 2.70. The molecule has 1 fully saturated rings. The van der Waals surface area contributed by atoms with Gasteiger partial charge >= 0.3 is 0 Å². The van der Waals surface area contributed by atoms with Crippen LogP contribution in [0.3, 0.4) is 0 Å². The van der Waals surface area contributed by atoms with Crippen molar-refractivity contribution in [1.82, 2.24) is 19.7 Å². The molecule has 2 atom stereocenters. The molecule has 0 radical (unpaired) electrons. The molecule has 2 aromatic heterocycles. The van der Waals surface area contributed by atoms with Crippen LogP contribution in [0.25, 0.3) is 11.0 Å². The molecule has 1 saturated carbocycles. The van der Waals surface area contributed by atoms with Crippen molar-refractivity contribution in [2.45, 2.75) is 46.1 Å². The molecule has 1 aliphatic rings. The van der Waals surface area contributed by atoms with Crippen molar-refractivity contribution in [2.75, 3.05) is 5.32 Å². The minimum atomic E-state index is 0.399. The topological polar surface area (TPSA) is 55.6 Å². The lowest BCUT2D eigenvalue weighted by Gasteiger charge is -2.39. The van der Waals surface area contributed by atoms with Gasteiger partial charge in [-0.2, -0.15) is 5.10 Å². The van der Waals surface area contributed by atoms with Crippen molar-refractivity contribution in [3.63, 3.8) is 0 Å². The molecule has 5 nitrogen and oxygen atoms in total. The van der Waals surface area contributed by atoms with E-state index < -0.39 is 0 Å². The van der Waals surface area contributed by atoms with E-state index in [9.17, 15) is 0 Å². The van der Waals surface area contributed by atoms with Crippen LogP contribution in [0.5, 0.6) is 0 Å². The van der Waals surface area contributed by atoms with Crippen LogP contribution < -0.4 is 5.32 Å². The Kier molecular flexibility index (Phi) is 3.15. The van der Waals surface area contributed by atoms with Gasteiger partial charge in [-0.15, -0.1) is 0 Å². The predicted octanol–water partition coefficient (Wildman–Crippen LogP) is 2.99. The minimum absolute atomic E-state index is 0.399. The zero-order chi connectivity index (χ0) is 14.3. The second kappa shape index (κ2) is 4.72. The summed E-state index contributed by atoms with van der Waals surface area (Å²) in [7, 11) is 1.91. The molecule has 2 heterocycles. The number of hydrogen-bond acceptors (Lipinski definition) is 4. The Morgan fingerprint density at radius 3 is 2.85 bits per heavy atom. The molecule has 0 unspecified atom stereocenters. The first-order valence-corrected chi connectivity index (χ1v) is 7.34.